The Morgan fingerprint density at radius 1 is 1.59 bits per heavy atom. The molecule has 0 unspecified atom stereocenters. The Bertz CT molecular complexity index is 426. The normalized spacial score (nSPS) is 10.7. The van der Waals surface area contributed by atoms with E-state index in [-0.39, 0.29) is 16.6 Å². The van der Waals surface area contributed by atoms with Gasteiger partial charge in [-0.2, -0.15) is 0 Å². The number of carbonyl (C=O) groups excluding carboxylic acids is 1. The Balaban J connectivity index is 3.15. The number of aromatic nitrogens is 1. The smallest absolute Gasteiger partial charge is 0.311 e. The van der Waals surface area contributed by atoms with Crippen molar-refractivity contribution in [2.45, 2.75) is 18.2 Å². The number of ether oxygens (including phenoxy) is 1. The Morgan fingerprint density at radius 2 is 2.24 bits per heavy atom. The van der Waals surface area contributed by atoms with E-state index in [0.717, 1.165) is 13.2 Å². The summed E-state index contributed by atoms with van der Waals surface area (Å²) in [5.74, 6) is -1.53. The van der Waals surface area contributed by atoms with E-state index in [9.17, 15) is 18.0 Å². The van der Waals surface area contributed by atoms with E-state index in [1.807, 2.05) is 0 Å². The van der Waals surface area contributed by atoms with Gasteiger partial charge >= 0.3 is 5.97 Å². The van der Waals surface area contributed by atoms with Crippen molar-refractivity contribution in [3.05, 3.63) is 28.8 Å². The van der Waals surface area contributed by atoms with Crippen LogP contribution in [0.1, 0.15) is 23.4 Å². The number of carbonyl (C=O) groups is 1. The monoisotopic (exact) mass is 311 g/mol. The molecule has 3 nitrogen and oxygen atoms in total. The molecule has 0 aromatic carbocycles. The van der Waals surface area contributed by atoms with Gasteiger partial charge in [0.25, 0.3) is 6.43 Å². The average Bonchev–Trinajstić information content (AvgIpc) is 2.30. The van der Waals surface area contributed by atoms with Gasteiger partial charge < -0.3 is 4.74 Å². The standard InChI is InChI=1S/C10H9BrF3NO2/c1-17-8(16)3-7-6(12)2-5(4-11)9(15-7)10(13)14/h2,10H,3-4H2,1H3. The molecule has 0 saturated carbocycles. The summed E-state index contributed by atoms with van der Waals surface area (Å²) in [6.07, 6.45) is -3.29. The summed E-state index contributed by atoms with van der Waals surface area (Å²) >= 11 is 2.97. The van der Waals surface area contributed by atoms with Gasteiger partial charge in [0.05, 0.1) is 19.2 Å². The van der Waals surface area contributed by atoms with Crippen molar-refractivity contribution >= 4 is 21.9 Å². The molecule has 0 fully saturated rings. The largest absolute Gasteiger partial charge is 0.469 e. The van der Waals surface area contributed by atoms with Gasteiger partial charge in [0.2, 0.25) is 0 Å². The summed E-state index contributed by atoms with van der Waals surface area (Å²) in [5.41, 5.74) is -0.801. The lowest BCUT2D eigenvalue weighted by Crippen LogP contribution is -2.11. The van der Waals surface area contributed by atoms with Crippen LogP contribution in [0.25, 0.3) is 0 Å². The lowest BCUT2D eigenvalue weighted by Gasteiger charge is -2.09. The Morgan fingerprint density at radius 3 is 2.71 bits per heavy atom. The zero-order chi connectivity index (χ0) is 13.0. The van der Waals surface area contributed by atoms with Gasteiger partial charge in [0, 0.05) is 5.33 Å². The fraction of sp³-hybridized carbons (Fsp3) is 0.400. The average molecular weight is 312 g/mol. The molecule has 1 rings (SSSR count). The predicted octanol–water partition coefficient (Wildman–Crippen LogP) is 2.77. The second-order valence-electron chi connectivity index (χ2n) is 3.15. The molecule has 7 heteroatoms. The van der Waals surface area contributed by atoms with Crippen LogP contribution in [0, 0.1) is 5.82 Å². The second kappa shape index (κ2) is 6.00. The van der Waals surface area contributed by atoms with Crippen molar-refractivity contribution in [3.63, 3.8) is 0 Å². The molecule has 1 aromatic heterocycles. The second-order valence-corrected chi connectivity index (χ2v) is 3.71. The van der Waals surface area contributed by atoms with Crippen molar-refractivity contribution in [3.8, 4) is 0 Å². The number of hydrogen-bond acceptors (Lipinski definition) is 3. The zero-order valence-corrected chi connectivity index (χ0v) is 10.4. The molecule has 0 aliphatic heterocycles. The van der Waals surface area contributed by atoms with Crippen LogP contribution in [0.15, 0.2) is 6.07 Å². The number of alkyl halides is 3. The van der Waals surface area contributed by atoms with Crippen molar-refractivity contribution in [2.24, 2.45) is 0 Å². The fourth-order valence-corrected chi connectivity index (χ4v) is 1.66. The first kappa shape index (κ1) is 14.0. The predicted molar refractivity (Wildman–Crippen MR) is 57.5 cm³/mol. The molecule has 0 amide bonds. The minimum absolute atomic E-state index is 0.0612. The summed E-state index contributed by atoms with van der Waals surface area (Å²) in [5, 5.41) is 0.0646. The number of halogens is 4. The molecule has 0 saturated heterocycles. The summed E-state index contributed by atoms with van der Waals surface area (Å²) in [6.45, 7) is 0. The third kappa shape index (κ3) is 3.42. The number of nitrogens with zero attached hydrogens (tertiary/aromatic N) is 1. The lowest BCUT2D eigenvalue weighted by atomic mass is 10.1. The van der Waals surface area contributed by atoms with Crippen molar-refractivity contribution in [1.82, 2.24) is 4.98 Å². The highest BCUT2D eigenvalue weighted by Gasteiger charge is 2.19. The first-order valence-electron chi connectivity index (χ1n) is 4.58. The summed E-state index contributed by atoms with van der Waals surface area (Å²) < 4.78 is 43.0. The number of rotatable bonds is 4. The zero-order valence-electron chi connectivity index (χ0n) is 8.84. The van der Waals surface area contributed by atoms with Gasteiger partial charge in [0.15, 0.2) is 0 Å². The number of methoxy groups -OCH3 is 1. The number of pyridine rings is 1. The maximum absolute atomic E-state index is 13.4. The van der Waals surface area contributed by atoms with Crippen LogP contribution in [0.5, 0.6) is 0 Å². The first-order valence-corrected chi connectivity index (χ1v) is 5.70. The Labute approximate surface area is 104 Å². The molecule has 0 spiro atoms. The SMILES string of the molecule is COC(=O)Cc1nc(C(F)F)c(CBr)cc1F. The first-order chi connectivity index (χ1) is 7.99. The van der Waals surface area contributed by atoms with Gasteiger partial charge in [-0.1, -0.05) is 15.9 Å². The molecule has 0 N–H and O–H groups in total. The number of hydrogen-bond donors (Lipinski definition) is 0. The topological polar surface area (TPSA) is 39.2 Å². The summed E-state index contributed by atoms with van der Waals surface area (Å²) in [7, 11) is 1.13. The van der Waals surface area contributed by atoms with E-state index in [4.69, 9.17) is 0 Å². The third-order valence-electron chi connectivity index (χ3n) is 2.05. The Kier molecular flexibility index (Phi) is 4.92. The van der Waals surface area contributed by atoms with E-state index >= 15 is 0 Å². The van der Waals surface area contributed by atoms with Crippen LogP contribution < -0.4 is 0 Å². The maximum Gasteiger partial charge on any atom is 0.311 e. The molecular formula is C10H9BrF3NO2. The molecule has 1 heterocycles. The highest BCUT2D eigenvalue weighted by Crippen LogP contribution is 2.24. The van der Waals surface area contributed by atoms with Crippen LogP contribution in [0.2, 0.25) is 0 Å². The number of esters is 1. The highest BCUT2D eigenvalue weighted by molar-refractivity contribution is 9.08. The van der Waals surface area contributed by atoms with Gasteiger partial charge in [0.1, 0.15) is 11.5 Å². The van der Waals surface area contributed by atoms with Crippen LogP contribution in [-0.2, 0) is 21.3 Å². The van der Waals surface area contributed by atoms with Crippen molar-refractivity contribution in [1.29, 1.82) is 0 Å². The van der Waals surface area contributed by atoms with Gasteiger partial charge in [-0.05, 0) is 11.6 Å². The molecule has 0 aliphatic carbocycles. The molecule has 94 valence electrons. The van der Waals surface area contributed by atoms with E-state index in [1.165, 1.54) is 0 Å². The van der Waals surface area contributed by atoms with Crippen molar-refractivity contribution < 1.29 is 22.7 Å². The van der Waals surface area contributed by atoms with E-state index in [1.54, 1.807) is 0 Å². The van der Waals surface area contributed by atoms with Gasteiger partial charge in [-0.15, -0.1) is 0 Å². The molecule has 0 radical (unpaired) electrons. The van der Waals surface area contributed by atoms with Crippen LogP contribution >= 0.6 is 15.9 Å². The van der Waals surface area contributed by atoms with Crippen LogP contribution in [0.3, 0.4) is 0 Å². The summed E-state index contributed by atoms with van der Waals surface area (Å²) in [4.78, 5) is 14.4. The summed E-state index contributed by atoms with van der Waals surface area (Å²) in [6, 6.07) is 0.946. The van der Waals surface area contributed by atoms with Crippen molar-refractivity contribution in [2.75, 3.05) is 7.11 Å². The quantitative estimate of drug-likeness (QED) is 0.634. The highest BCUT2D eigenvalue weighted by atomic mass is 79.9. The third-order valence-corrected chi connectivity index (χ3v) is 2.66. The van der Waals surface area contributed by atoms with Crippen LogP contribution in [0.4, 0.5) is 13.2 Å². The molecular weight excluding hydrogens is 303 g/mol. The van der Waals surface area contributed by atoms with E-state index < -0.39 is 30.3 Å². The maximum atomic E-state index is 13.4. The van der Waals surface area contributed by atoms with Crippen LogP contribution in [-0.4, -0.2) is 18.1 Å². The molecule has 17 heavy (non-hydrogen) atoms. The minimum Gasteiger partial charge on any atom is -0.469 e. The minimum atomic E-state index is -2.82. The molecule has 0 aliphatic rings. The fourth-order valence-electron chi connectivity index (χ4n) is 1.21. The van der Waals surface area contributed by atoms with E-state index in [0.29, 0.717) is 0 Å². The Hall–Kier alpha value is -1.11. The molecule has 0 bridgehead atoms. The lowest BCUT2D eigenvalue weighted by molar-refractivity contribution is -0.139. The molecule has 0 atom stereocenters. The van der Waals surface area contributed by atoms with Gasteiger partial charge in [-0.25, -0.2) is 18.2 Å². The van der Waals surface area contributed by atoms with E-state index in [2.05, 4.69) is 25.7 Å². The van der Waals surface area contributed by atoms with Gasteiger partial charge in [-0.3, -0.25) is 4.79 Å². The molecule has 1 aromatic rings.